The molecule has 2 fully saturated rings. The number of H-pyrrole nitrogens is 1. The predicted molar refractivity (Wildman–Crippen MR) is 174 cm³/mol. The van der Waals surface area contributed by atoms with Crippen molar-refractivity contribution in [1.82, 2.24) is 24.2 Å². The van der Waals surface area contributed by atoms with Crippen molar-refractivity contribution in [2.24, 2.45) is 0 Å². The fourth-order valence-corrected chi connectivity index (χ4v) is 8.02. The molecule has 6 rings (SSSR count). The summed E-state index contributed by atoms with van der Waals surface area (Å²) in [5.74, 6) is -0.640. The smallest absolute Gasteiger partial charge is 0.256 e. The van der Waals surface area contributed by atoms with E-state index in [1.54, 1.807) is 37.4 Å². The number of nitrogens with one attached hydrogen (secondary N) is 2. The van der Waals surface area contributed by atoms with Gasteiger partial charge in [-0.1, -0.05) is 12.1 Å². The van der Waals surface area contributed by atoms with Gasteiger partial charge in [0.1, 0.15) is 11.5 Å². The van der Waals surface area contributed by atoms with Crippen LogP contribution in [-0.4, -0.2) is 76.4 Å². The molecule has 1 aliphatic carbocycles. The number of carbonyl (C=O) groups excluding carboxylic acids is 1. The van der Waals surface area contributed by atoms with Crippen molar-refractivity contribution in [2.75, 3.05) is 33.4 Å². The normalized spacial score (nSPS) is 16.3. The van der Waals surface area contributed by atoms with Crippen LogP contribution in [-0.2, 0) is 27.8 Å². The lowest BCUT2D eigenvalue weighted by Gasteiger charge is -2.26. The second-order valence-corrected chi connectivity index (χ2v) is 14.1. The SMILES string of the molecule is C=CCC1(S(=O)(=O)n2cc(O)c3c(C(=O)NCc4c(OC)cc(C)[nH]c4=O)cc(-c4ccc(CN5CCOCC5)nc4)cc32)CC1. The van der Waals surface area contributed by atoms with Crippen LogP contribution in [0.25, 0.3) is 22.0 Å². The van der Waals surface area contributed by atoms with Crippen LogP contribution in [0.4, 0.5) is 0 Å². The van der Waals surface area contributed by atoms with Gasteiger partial charge in [0.2, 0.25) is 10.0 Å². The van der Waals surface area contributed by atoms with Crippen LogP contribution in [0.2, 0.25) is 0 Å². The van der Waals surface area contributed by atoms with Gasteiger partial charge in [-0.15, -0.1) is 6.58 Å². The molecule has 0 bridgehead atoms. The van der Waals surface area contributed by atoms with Crippen molar-refractivity contribution in [3.8, 4) is 22.6 Å². The Morgan fingerprint density at radius 3 is 2.63 bits per heavy atom. The highest BCUT2D eigenvalue weighted by atomic mass is 32.2. The van der Waals surface area contributed by atoms with E-state index in [-0.39, 0.29) is 40.7 Å². The number of hydrogen-bond acceptors (Lipinski definition) is 9. The molecule has 4 heterocycles. The molecule has 1 aliphatic heterocycles. The number of fused-ring (bicyclic) bond motifs is 1. The Kier molecular flexibility index (Phi) is 8.49. The minimum atomic E-state index is -3.97. The molecule has 1 saturated carbocycles. The van der Waals surface area contributed by atoms with Crippen molar-refractivity contribution in [1.29, 1.82) is 0 Å². The number of allylic oxidation sites excluding steroid dienone is 1. The van der Waals surface area contributed by atoms with E-state index >= 15 is 0 Å². The zero-order valence-corrected chi connectivity index (χ0v) is 26.7. The Hall–Kier alpha value is -4.46. The third kappa shape index (κ3) is 5.81. The zero-order chi connectivity index (χ0) is 32.6. The molecule has 0 radical (unpaired) electrons. The van der Waals surface area contributed by atoms with Gasteiger partial charge in [-0.05, 0) is 56.0 Å². The predicted octanol–water partition coefficient (Wildman–Crippen LogP) is 3.46. The number of rotatable bonds is 11. The largest absolute Gasteiger partial charge is 0.506 e. The Bertz CT molecular complexity index is 1970. The molecule has 1 saturated heterocycles. The zero-order valence-electron chi connectivity index (χ0n) is 25.8. The van der Waals surface area contributed by atoms with E-state index in [2.05, 4.69) is 26.8 Å². The number of benzene rings is 1. The number of methoxy groups -OCH3 is 1. The number of aromatic amines is 1. The average Bonchev–Trinajstić information content (AvgIpc) is 3.76. The van der Waals surface area contributed by atoms with Crippen molar-refractivity contribution in [2.45, 2.75) is 44.0 Å². The number of ether oxygens (including phenoxy) is 2. The summed E-state index contributed by atoms with van der Waals surface area (Å²) in [6.45, 7) is 8.96. The van der Waals surface area contributed by atoms with E-state index in [4.69, 9.17) is 9.47 Å². The van der Waals surface area contributed by atoms with Gasteiger partial charge in [-0.3, -0.25) is 19.5 Å². The van der Waals surface area contributed by atoms with Gasteiger partial charge in [-0.25, -0.2) is 12.4 Å². The first-order chi connectivity index (χ1) is 22.1. The van der Waals surface area contributed by atoms with Crippen molar-refractivity contribution < 1.29 is 27.8 Å². The summed E-state index contributed by atoms with van der Waals surface area (Å²) in [6, 6.07) is 8.69. The molecule has 46 heavy (non-hydrogen) atoms. The van der Waals surface area contributed by atoms with Gasteiger partial charge in [0.25, 0.3) is 11.5 Å². The lowest BCUT2D eigenvalue weighted by molar-refractivity contribution is 0.0336. The van der Waals surface area contributed by atoms with Crippen LogP contribution in [0.1, 0.15) is 46.6 Å². The maximum absolute atomic E-state index is 14.0. The summed E-state index contributed by atoms with van der Waals surface area (Å²) in [6.07, 6.45) is 5.64. The van der Waals surface area contributed by atoms with Crippen molar-refractivity contribution in [3.05, 3.63) is 88.2 Å². The monoisotopic (exact) mass is 647 g/mol. The van der Waals surface area contributed by atoms with Gasteiger partial charge in [0.05, 0.1) is 65.5 Å². The van der Waals surface area contributed by atoms with E-state index in [9.17, 15) is 23.1 Å². The first-order valence-electron chi connectivity index (χ1n) is 15.1. The molecule has 1 amide bonds. The molecule has 2 aliphatic rings. The molecule has 3 aromatic heterocycles. The number of morpholine rings is 1. The van der Waals surface area contributed by atoms with Gasteiger partial charge >= 0.3 is 0 Å². The minimum Gasteiger partial charge on any atom is -0.506 e. The fourth-order valence-electron chi connectivity index (χ4n) is 6.01. The van der Waals surface area contributed by atoms with Gasteiger partial charge < -0.3 is 24.9 Å². The molecule has 12 nitrogen and oxygen atoms in total. The maximum Gasteiger partial charge on any atom is 0.256 e. The molecule has 3 N–H and O–H groups in total. The van der Waals surface area contributed by atoms with Crippen LogP contribution in [0.5, 0.6) is 11.5 Å². The lowest BCUT2D eigenvalue weighted by atomic mass is 10.00. The second-order valence-electron chi connectivity index (χ2n) is 11.8. The summed E-state index contributed by atoms with van der Waals surface area (Å²) in [5.41, 5.74) is 2.70. The highest BCUT2D eigenvalue weighted by Gasteiger charge is 2.54. The fraction of sp³-hybridized carbons (Fsp3) is 0.364. The van der Waals surface area contributed by atoms with Gasteiger partial charge in [0.15, 0.2) is 0 Å². The molecule has 13 heteroatoms. The number of aromatic hydroxyl groups is 1. The van der Waals surface area contributed by atoms with Crippen LogP contribution in [0.3, 0.4) is 0 Å². The van der Waals surface area contributed by atoms with Crippen molar-refractivity contribution in [3.63, 3.8) is 0 Å². The molecule has 0 spiro atoms. The number of amides is 1. The van der Waals surface area contributed by atoms with E-state index in [1.807, 2.05) is 12.1 Å². The number of hydrogen-bond donors (Lipinski definition) is 3. The third-order valence-electron chi connectivity index (χ3n) is 8.75. The van der Waals surface area contributed by atoms with Gasteiger partial charge in [-0.2, -0.15) is 0 Å². The number of aryl methyl sites for hydroxylation is 1. The van der Waals surface area contributed by atoms with E-state index in [0.29, 0.717) is 55.2 Å². The molecular weight excluding hydrogens is 610 g/mol. The molecule has 0 atom stereocenters. The maximum atomic E-state index is 14.0. The van der Waals surface area contributed by atoms with Crippen LogP contribution in [0.15, 0.2) is 60.2 Å². The Morgan fingerprint density at radius 1 is 1.22 bits per heavy atom. The summed E-state index contributed by atoms with van der Waals surface area (Å²) in [4.78, 5) is 36.1. The van der Waals surface area contributed by atoms with Crippen LogP contribution in [0, 0.1) is 6.92 Å². The molecule has 242 valence electrons. The first-order valence-corrected chi connectivity index (χ1v) is 16.6. The van der Waals surface area contributed by atoms with Crippen LogP contribution >= 0.6 is 0 Å². The van der Waals surface area contributed by atoms with E-state index in [0.717, 1.165) is 29.0 Å². The summed E-state index contributed by atoms with van der Waals surface area (Å²) < 4.78 is 38.8. The molecule has 4 aromatic rings. The van der Waals surface area contributed by atoms with Crippen molar-refractivity contribution >= 4 is 26.8 Å². The van der Waals surface area contributed by atoms with E-state index < -0.39 is 26.2 Å². The number of pyridine rings is 2. The summed E-state index contributed by atoms with van der Waals surface area (Å²) in [7, 11) is -2.54. The molecule has 0 unspecified atom stereocenters. The topological polar surface area (TPSA) is 156 Å². The third-order valence-corrected chi connectivity index (χ3v) is 11.2. The molecular formula is C33H37N5O7S. The van der Waals surface area contributed by atoms with E-state index in [1.165, 1.54) is 7.11 Å². The summed E-state index contributed by atoms with van der Waals surface area (Å²) in [5, 5.41) is 14.0. The quantitative estimate of drug-likeness (QED) is 0.208. The second kappa shape index (κ2) is 12.4. The average molecular weight is 648 g/mol. The highest BCUT2D eigenvalue weighted by molar-refractivity contribution is 7.91. The lowest BCUT2D eigenvalue weighted by Crippen LogP contribution is -2.35. The number of carbonyl (C=O) groups is 1. The molecule has 1 aromatic carbocycles. The highest BCUT2D eigenvalue weighted by Crippen LogP contribution is 2.49. The summed E-state index contributed by atoms with van der Waals surface area (Å²) >= 11 is 0. The number of nitrogens with zero attached hydrogens (tertiary/aromatic N) is 3. The van der Waals surface area contributed by atoms with Crippen LogP contribution < -0.4 is 15.6 Å². The Labute approximate surface area is 266 Å². The first kappa shape index (κ1) is 31.5. The minimum absolute atomic E-state index is 0.0485. The Morgan fingerprint density at radius 2 is 1.98 bits per heavy atom. The Balaban J connectivity index is 1.42. The number of aromatic nitrogens is 3. The van der Waals surface area contributed by atoms with Gasteiger partial charge in [0, 0.05) is 37.1 Å². The standard InChI is InChI=1S/C33H37N5O7S/c1-4-7-33(8-9-33)46(42,43)38-20-28(39)30-25(31(40)35-18-26-29(44-3)14-21(2)36-32(26)41)15-23(16-27(30)38)22-5-6-24(34-17-22)19-37-10-12-45-13-11-37/h4-6,14-17,20,39H,1,7-13,18-19H2,2-3H3,(H,35,40)(H,36,41).